The minimum absolute atomic E-state index is 0.0242. The number of hydrogen-bond donors (Lipinski definition) is 0. The zero-order valence-corrected chi connectivity index (χ0v) is 15.9. The van der Waals surface area contributed by atoms with Crippen molar-refractivity contribution in [3.8, 4) is 5.75 Å². The lowest BCUT2D eigenvalue weighted by atomic mass is 10.0. The van der Waals surface area contributed by atoms with E-state index in [1.54, 1.807) is 6.20 Å². The Morgan fingerprint density at radius 2 is 1.93 bits per heavy atom. The molecule has 0 spiro atoms. The van der Waals surface area contributed by atoms with Crippen LogP contribution in [0.4, 0.5) is 5.82 Å². The van der Waals surface area contributed by atoms with Gasteiger partial charge in [0, 0.05) is 12.7 Å². The zero-order valence-electron chi connectivity index (χ0n) is 15.9. The Bertz CT molecular complexity index is 774. The maximum Gasteiger partial charge on any atom is 0.269 e. The van der Waals surface area contributed by atoms with Gasteiger partial charge in [0.25, 0.3) is 5.91 Å². The molecule has 0 bridgehead atoms. The zero-order chi connectivity index (χ0) is 18.6. The number of carbonyl (C=O) groups excluding carboxylic acids is 1. The Kier molecular flexibility index (Phi) is 5.39. The van der Waals surface area contributed by atoms with Crippen LogP contribution in [-0.2, 0) is 4.79 Å². The second kappa shape index (κ2) is 8.09. The molecular formula is C22H27N3O2. The molecule has 4 rings (SSSR count). The molecule has 5 heteroatoms. The Morgan fingerprint density at radius 3 is 2.67 bits per heavy atom. The van der Waals surface area contributed by atoms with Gasteiger partial charge in [-0.05, 0) is 50.0 Å². The smallest absolute Gasteiger partial charge is 0.269 e. The van der Waals surface area contributed by atoms with Crippen molar-refractivity contribution >= 4 is 11.7 Å². The van der Waals surface area contributed by atoms with Crippen molar-refractivity contribution in [2.45, 2.75) is 44.8 Å². The van der Waals surface area contributed by atoms with Gasteiger partial charge in [-0.25, -0.2) is 4.98 Å². The fraction of sp³-hybridized carbons (Fsp3) is 0.455. The standard InChI is InChI=1S/C22H27N3O2/c1-2-9-20-22(26)25(21-19(27-20)12-8-13-23-21)18(16-24-14-6-7-15-24)17-10-4-3-5-11-17/h3-5,8,10-13,18,20H,2,6-7,9,14-16H2,1H3. The lowest BCUT2D eigenvalue weighted by Gasteiger charge is -2.39. The van der Waals surface area contributed by atoms with Crippen molar-refractivity contribution in [1.29, 1.82) is 0 Å². The lowest BCUT2D eigenvalue weighted by Crippen LogP contribution is -2.50. The summed E-state index contributed by atoms with van der Waals surface area (Å²) < 4.78 is 6.00. The second-order valence-electron chi connectivity index (χ2n) is 7.36. The van der Waals surface area contributed by atoms with Crippen LogP contribution < -0.4 is 9.64 Å². The van der Waals surface area contributed by atoms with E-state index in [4.69, 9.17) is 4.74 Å². The molecule has 27 heavy (non-hydrogen) atoms. The molecule has 2 unspecified atom stereocenters. The van der Waals surface area contributed by atoms with Gasteiger partial charge in [0.05, 0.1) is 6.04 Å². The molecule has 2 aliphatic rings. The van der Waals surface area contributed by atoms with Crippen LogP contribution in [0.1, 0.15) is 44.2 Å². The van der Waals surface area contributed by atoms with Crippen molar-refractivity contribution < 1.29 is 9.53 Å². The van der Waals surface area contributed by atoms with E-state index >= 15 is 0 Å². The van der Waals surface area contributed by atoms with Crippen LogP contribution in [0.3, 0.4) is 0 Å². The molecule has 1 fully saturated rings. The number of benzene rings is 1. The molecule has 5 nitrogen and oxygen atoms in total. The molecule has 142 valence electrons. The van der Waals surface area contributed by atoms with E-state index in [1.807, 2.05) is 35.2 Å². The number of carbonyl (C=O) groups is 1. The molecule has 2 aromatic rings. The highest BCUT2D eigenvalue weighted by molar-refractivity contribution is 5.99. The molecule has 3 heterocycles. The molecule has 2 aliphatic heterocycles. The number of nitrogens with zero attached hydrogens (tertiary/aromatic N) is 3. The molecule has 1 amide bonds. The topological polar surface area (TPSA) is 45.7 Å². The maximum atomic E-state index is 13.4. The third-order valence-corrected chi connectivity index (χ3v) is 5.44. The Balaban J connectivity index is 1.75. The molecule has 1 aromatic heterocycles. The average Bonchev–Trinajstić information content (AvgIpc) is 3.22. The third-order valence-electron chi connectivity index (χ3n) is 5.44. The lowest BCUT2D eigenvalue weighted by molar-refractivity contribution is -0.127. The minimum atomic E-state index is -0.434. The highest BCUT2D eigenvalue weighted by Crippen LogP contribution is 2.38. The predicted octanol–water partition coefficient (Wildman–Crippen LogP) is 3.81. The van der Waals surface area contributed by atoms with Gasteiger partial charge in [-0.15, -0.1) is 0 Å². The fourth-order valence-electron chi connectivity index (χ4n) is 4.09. The third kappa shape index (κ3) is 3.69. The van der Waals surface area contributed by atoms with Gasteiger partial charge in [-0.2, -0.15) is 0 Å². The summed E-state index contributed by atoms with van der Waals surface area (Å²) in [5, 5.41) is 0. The van der Waals surface area contributed by atoms with E-state index in [9.17, 15) is 4.79 Å². The summed E-state index contributed by atoms with van der Waals surface area (Å²) in [5.41, 5.74) is 1.14. The fourth-order valence-corrected chi connectivity index (χ4v) is 4.09. The van der Waals surface area contributed by atoms with Crippen LogP contribution in [-0.4, -0.2) is 41.5 Å². The number of fused-ring (bicyclic) bond motifs is 1. The number of anilines is 1. The normalized spacial score (nSPS) is 21.0. The summed E-state index contributed by atoms with van der Waals surface area (Å²) in [7, 11) is 0. The quantitative estimate of drug-likeness (QED) is 0.781. The summed E-state index contributed by atoms with van der Waals surface area (Å²) in [5.74, 6) is 1.37. The van der Waals surface area contributed by atoms with Crippen molar-refractivity contribution in [3.05, 3.63) is 54.2 Å². The highest BCUT2D eigenvalue weighted by Gasteiger charge is 2.40. The first-order valence-corrected chi connectivity index (χ1v) is 10.00. The summed E-state index contributed by atoms with van der Waals surface area (Å²) in [4.78, 5) is 22.3. The Morgan fingerprint density at radius 1 is 1.15 bits per heavy atom. The summed E-state index contributed by atoms with van der Waals surface area (Å²) in [6.07, 6.45) is 5.38. The van der Waals surface area contributed by atoms with Crippen molar-refractivity contribution in [2.24, 2.45) is 0 Å². The van der Waals surface area contributed by atoms with Crippen LogP contribution >= 0.6 is 0 Å². The molecular weight excluding hydrogens is 338 g/mol. The largest absolute Gasteiger partial charge is 0.477 e. The van der Waals surface area contributed by atoms with Crippen molar-refractivity contribution in [2.75, 3.05) is 24.5 Å². The second-order valence-corrected chi connectivity index (χ2v) is 7.36. The SMILES string of the molecule is CCCC1Oc2cccnc2N(C(CN2CCCC2)c2ccccc2)C1=O. The number of pyridine rings is 1. The highest BCUT2D eigenvalue weighted by atomic mass is 16.5. The van der Waals surface area contributed by atoms with Crippen molar-refractivity contribution in [3.63, 3.8) is 0 Å². The molecule has 0 saturated carbocycles. The van der Waals surface area contributed by atoms with Gasteiger partial charge in [0.15, 0.2) is 17.7 Å². The number of hydrogen-bond acceptors (Lipinski definition) is 4. The summed E-state index contributed by atoms with van der Waals surface area (Å²) >= 11 is 0. The summed E-state index contributed by atoms with van der Waals surface area (Å²) in [6.45, 7) is 5.09. The number of ether oxygens (including phenoxy) is 1. The van der Waals surface area contributed by atoms with Crippen LogP contribution in [0.25, 0.3) is 0 Å². The minimum Gasteiger partial charge on any atom is -0.477 e. The van der Waals surface area contributed by atoms with E-state index in [0.29, 0.717) is 11.6 Å². The van der Waals surface area contributed by atoms with Crippen molar-refractivity contribution in [1.82, 2.24) is 9.88 Å². The maximum absolute atomic E-state index is 13.4. The van der Waals surface area contributed by atoms with Gasteiger partial charge in [-0.1, -0.05) is 43.7 Å². The first-order chi connectivity index (χ1) is 13.3. The molecule has 0 N–H and O–H groups in total. The average molecular weight is 365 g/mol. The number of rotatable bonds is 6. The molecule has 1 aromatic carbocycles. The summed E-state index contributed by atoms with van der Waals surface area (Å²) in [6, 6.07) is 14.1. The number of likely N-dealkylation sites (tertiary alicyclic amines) is 1. The van der Waals surface area contributed by atoms with E-state index in [-0.39, 0.29) is 11.9 Å². The van der Waals surface area contributed by atoms with Gasteiger partial charge < -0.3 is 9.64 Å². The van der Waals surface area contributed by atoms with E-state index in [0.717, 1.165) is 38.0 Å². The first kappa shape index (κ1) is 18.0. The molecule has 0 aliphatic carbocycles. The predicted molar refractivity (Wildman–Crippen MR) is 106 cm³/mol. The van der Waals surface area contributed by atoms with Crippen LogP contribution in [0.5, 0.6) is 5.75 Å². The number of aromatic nitrogens is 1. The molecule has 0 radical (unpaired) electrons. The Labute approximate surface area is 161 Å². The first-order valence-electron chi connectivity index (χ1n) is 10.00. The van der Waals surface area contributed by atoms with E-state index in [1.165, 1.54) is 12.8 Å². The Hall–Kier alpha value is -2.40. The van der Waals surface area contributed by atoms with Gasteiger partial charge in [-0.3, -0.25) is 9.69 Å². The van der Waals surface area contributed by atoms with Gasteiger partial charge in [0.2, 0.25) is 0 Å². The van der Waals surface area contributed by atoms with E-state index in [2.05, 4.69) is 28.9 Å². The van der Waals surface area contributed by atoms with Crippen LogP contribution in [0, 0.1) is 0 Å². The monoisotopic (exact) mass is 365 g/mol. The molecule has 2 atom stereocenters. The van der Waals surface area contributed by atoms with Gasteiger partial charge in [0.1, 0.15) is 0 Å². The number of amides is 1. The van der Waals surface area contributed by atoms with Crippen LogP contribution in [0.2, 0.25) is 0 Å². The van der Waals surface area contributed by atoms with Gasteiger partial charge >= 0.3 is 0 Å². The van der Waals surface area contributed by atoms with E-state index < -0.39 is 6.10 Å². The van der Waals surface area contributed by atoms with Crippen LogP contribution in [0.15, 0.2) is 48.7 Å². The molecule has 1 saturated heterocycles.